The molecule has 4 heteroatoms. The number of hydrogen-bond acceptors (Lipinski definition) is 4. The quantitative estimate of drug-likeness (QED) is 0.457. The second-order valence-corrected chi connectivity index (χ2v) is 6.21. The van der Waals surface area contributed by atoms with Gasteiger partial charge < -0.3 is 19.9 Å². The molecular weight excluding hydrogens is 266 g/mol. The first kappa shape index (κ1) is 20.8. The lowest BCUT2D eigenvalue weighted by molar-refractivity contribution is 0.0308. The first-order valence-electron chi connectivity index (χ1n) is 8.59. The van der Waals surface area contributed by atoms with Gasteiger partial charge in [0, 0.05) is 26.3 Å². The lowest BCUT2D eigenvalue weighted by Gasteiger charge is -2.23. The van der Waals surface area contributed by atoms with Crippen LogP contribution in [0.15, 0.2) is 0 Å². The Morgan fingerprint density at radius 1 is 1.00 bits per heavy atom. The van der Waals surface area contributed by atoms with Crippen LogP contribution in [-0.2, 0) is 9.47 Å². The minimum absolute atomic E-state index is 0.281. The van der Waals surface area contributed by atoms with Gasteiger partial charge in [-0.05, 0) is 12.3 Å². The van der Waals surface area contributed by atoms with E-state index >= 15 is 0 Å². The zero-order chi connectivity index (χ0) is 15.9. The molecule has 0 rings (SSSR count). The van der Waals surface area contributed by atoms with Gasteiger partial charge in [-0.2, -0.15) is 0 Å². The zero-order valence-electron chi connectivity index (χ0n) is 14.6. The highest BCUT2D eigenvalue weighted by atomic mass is 16.5. The Morgan fingerprint density at radius 3 is 2.29 bits per heavy atom. The fourth-order valence-electron chi connectivity index (χ4n) is 2.22. The Labute approximate surface area is 131 Å². The van der Waals surface area contributed by atoms with Crippen molar-refractivity contribution in [2.24, 2.45) is 5.92 Å². The van der Waals surface area contributed by atoms with Crippen molar-refractivity contribution in [3.8, 4) is 0 Å². The van der Waals surface area contributed by atoms with Crippen LogP contribution in [0.4, 0.5) is 0 Å². The molecule has 2 N–H and O–H groups in total. The molecule has 0 aromatic rings. The third-order valence-corrected chi connectivity index (χ3v) is 3.72. The van der Waals surface area contributed by atoms with E-state index < -0.39 is 6.10 Å². The van der Waals surface area contributed by atoms with Crippen molar-refractivity contribution in [3.05, 3.63) is 0 Å². The van der Waals surface area contributed by atoms with Crippen molar-refractivity contribution in [2.75, 3.05) is 33.5 Å². The minimum atomic E-state index is -0.441. The van der Waals surface area contributed by atoms with Crippen LogP contribution in [0.2, 0.25) is 0 Å². The summed E-state index contributed by atoms with van der Waals surface area (Å²) in [6.45, 7) is 8.94. The second kappa shape index (κ2) is 14.8. The van der Waals surface area contributed by atoms with Gasteiger partial charge >= 0.3 is 0 Å². The maximum Gasteiger partial charge on any atom is 0.0897 e. The number of aliphatic hydroxyl groups excluding tert-OH is 1. The molecular formula is C17H37NO3. The number of nitrogens with one attached hydrogen (secondary N) is 1. The fraction of sp³-hybridized carbons (Fsp3) is 1.00. The van der Waals surface area contributed by atoms with E-state index in [1.807, 2.05) is 0 Å². The zero-order valence-corrected chi connectivity index (χ0v) is 14.6. The highest BCUT2D eigenvalue weighted by Gasteiger charge is 2.14. The molecule has 0 saturated carbocycles. The Bertz CT molecular complexity index is 212. The van der Waals surface area contributed by atoms with Gasteiger partial charge in [0.1, 0.15) is 0 Å². The van der Waals surface area contributed by atoms with Gasteiger partial charge in [0.25, 0.3) is 0 Å². The maximum absolute atomic E-state index is 9.89. The van der Waals surface area contributed by atoms with E-state index in [-0.39, 0.29) is 6.04 Å². The van der Waals surface area contributed by atoms with E-state index in [1.165, 1.54) is 32.1 Å². The summed E-state index contributed by atoms with van der Waals surface area (Å²) in [5.41, 5.74) is 0. The molecule has 0 aliphatic heterocycles. The molecule has 0 spiro atoms. The van der Waals surface area contributed by atoms with E-state index in [4.69, 9.17) is 9.47 Å². The average molecular weight is 303 g/mol. The van der Waals surface area contributed by atoms with Crippen molar-refractivity contribution >= 4 is 0 Å². The van der Waals surface area contributed by atoms with Crippen molar-refractivity contribution in [1.82, 2.24) is 5.32 Å². The molecule has 128 valence electrons. The van der Waals surface area contributed by atoms with E-state index in [0.717, 1.165) is 13.0 Å². The van der Waals surface area contributed by atoms with Gasteiger partial charge in [-0.1, -0.05) is 52.9 Å². The first-order chi connectivity index (χ1) is 10.1. The van der Waals surface area contributed by atoms with Crippen molar-refractivity contribution in [2.45, 2.75) is 71.4 Å². The second-order valence-electron chi connectivity index (χ2n) is 6.21. The topological polar surface area (TPSA) is 50.7 Å². The molecule has 0 aromatic heterocycles. The first-order valence-corrected chi connectivity index (χ1v) is 8.59. The standard InChI is InChI=1S/C17H37NO3/c1-5-6-7-8-9-10-11-21-13-16(19)12-18-17(14-20-4)15(2)3/h15-19H,5-14H2,1-4H3. The van der Waals surface area contributed by atoms with Gasteiger partial charge in [0.15, 0.2) is 0 Å². The number of rotatable bonds is 15. The Kier molecular flexibility index (Phi) is 14.7. The van der Waals surface area contributed by atoms with Crippen LogP contribution in [0.5, 0.6) is 0 Å². The maximum atomic E-state index is 9.89. The molecule has 0 bridgehead atoms. The molecule has 0 amide bonds. The van der Waals surface area contributed by atoms with Crippen molar-refractivity contribution < 1.29 is 14.6 Å². The molecule has 0 radical (unpaired) electrons. The number of hydrogen-bond donors (Lipinski definition) is 2. The van der Waals surface area contributed by atoms with E-state index in [0.29, 0.717) is 25.7 Å². The predicted octanol–water partition coefficient (Wildman–Crippen LogP) is 2.99. The molecule has 2 atom stereocenters. The Morgan fingerprint density at radius 2 is 1.67 bits per heavy atom. The SMILES string of the molecule is CCCCCCCCOCC(O)CNC(COC)C(C)C. The van der Waals surface area contributed by atoms with Crippen LogP contribution in [0.1, 0.15) is 59.3 Å². The van der Waals surface area contributed by atoms with Crippen LogP contribution in [0.3, 0.4) is 0 Å². The van der Waals surface area contributed by atoms with Crippen LogP contribution < -0.4 is 5.32 Å². The van der Waals surface area contributed by atoms with Crippen molar-refractivity contribution in [1.29, 1.82) is 0 Å². The number of methoxy groups -OCH3 is 1. The number of unbranched alkanes of at least 4 members (excludes halogenated alkanes) is 5. The van der Waals surface area contributed by atoms with Gasteiger partial charge in [-0.3, -0.25) is 0 Å². The number of ether oxygens (including phenoxy) is 2. The highest BCUT2D eigenvalue weighted by molar-refractivity contribution is 4.72. The van der Waals surface area contributed by atoms with E-state index in [2.05, 4.69) is 26.1 Å². The monoisotopic (exact) mass is 303 g/mol. The summed E-state index contributed by atoms with van der Waals surface area (Å²) < 4.78 is 10.7. The fourth-order valence-corrected chi connectivity index (χ4v) is 2.22. The molecule has 0 aliphatic rings. The van der Waals surface area contributed by atoms with Gasteiger partial charge in [-0.25, -0.2) is 0 Å². The lowest BCUT2D eigenvalue weighted by Crippen LogP contribution is -2.42. The summed E-state index contributed by atoms with van der Waals surface area (Å²) in [6.07, 6.45) is 7.15. The molecule has 4 nitrogen and oxygen atoms in total. The molecule has 0 aromatic carbocycles. The molecule has 0 heterocycles. The molecule has 2 unspecified atom stereocenters. The van der Waals surface area contributed by atoms with E-state index in [9.17, 15) is 5.11 Å². The van der Waals surface area contributed by atoms with Gasteiger partial charge in [0.2, 0.25) is 0 Å². The number of aliphatic hydroxyl groups is 1. The van der Waals surface area contributed by atoms with Crippen LogP contribution in [0, 0.1) is 5.92 Å². The molecule has 0 saturated heterocycles. The highest BCUT2D eigenvalue weighted by Crippen LogP contribution is 2.05. The van der Waals surface area contributed by atoms with Crippen LogP contribution in [0.25, 0.3) is 0 Å². The molecule has 0 aliphatic carbocycles. The summed E-state index contributed by atoms with van der Waals surface area (Å²) in [7, 11) is 1.71. The molecule has 21 heavy (non-hydrogen) atoms. The third-order valence-electron chi connectivity index (χ3n) is 3.72. The summed E-state index contributed by atoms with van der Waals surface area (Å²) >= 11 is 0. The smallest absolute Gasteiger partial charge is 0.0897 e. The van der Waals surface area contributed by atoms with E-state index in [1.54, 1.807) is 7.11 Å². The van der Waals surface area contributed by atoms with Crippen molar-refractivity contribution in [3.63, 3.8) is 0 Å². The molecule has 0 fully saturated rings. The average Bonchev–Trinajstić information content (AvgIpc) is 2.46. The Hall–Kier alpha value is -0.160. The van der Waals surface area contributed by atoms with Gasteiger partial charge in [-0.15, -0.1) is 0 Å². The van der Waals surface area contributed by atoms with Crippen LogP contribution in [-0.4, -0.2) is 50.7 Å². The summed E-state index contributed by atoms with van der Waals surface area (Å²) in [6, 6.07) is 0.281. The summed E-state index contributed by atoms with van der Waals surface area (Å²) in [4.78, 5) is 0. The lowest BCUT2D eigenvalue weighted by atomic mass is 10.1. The minimum Gasteiger partial charge on any atom is -0.389 e. The summed E-state index contributed by atoms with van der Waals surface area (Å²) in [5.74, 6) is 0.487. The third kappa shape index (κ3) is 13.2. The van der Waals surface area contributed by atoms with Gasteiger partial charge in [0.05, 0.1) is 19.3 Å². The largest absolute Gasteiger partial charge is 0.389 e. The predicted molar refractivity (Wildman–Crippen MR) is 88.7 cm³/mol. The van der Waals surface area contributed by atoms with Crippen LogP contribution >= 0.6 is 0 Å². The normalized spacial score (nSPS) is 14.6. The Balaban J connectivity index is 3.46. The summed E-state index contributed by atoms with van der Waals surface area (Å²) in [5, 5.41) is 13.2.